The number of anilines is 1. The Morgan fingerprint density at radius 1 is 1.30 bits per heavy atom. The number of nitrogens with one attached hydrogen (secondary N) is 1. The molecule has 3 rings (SSSR count). The minimum atomic E-state index is -0.238. The molecule has 1 N–H and O–H groups in total. The molecule has 0 aliphatic rings. The van der Waals surface area contributed by atoms with Gasteiger partial charge in [-0.1, -0.05) is 23.2 Å². The summed E-state index contributed by atoms with van der Waals surface area (Å²) in [6.07, 6.45) is 3.32. The summed E-state index contributed by atoms with van der Waals surface area (Å²) in [6, 6.07) is 10.7. The normalized spacial score (nSPS) is 10.6. The van der Waals surface area contributed by atoms with Gasteiger partial charge in [0, 0.05) is 22.9 Å². The first-order valence-electron chi connectivity index (χ1n) is 6.78. The number of hydrogen-bond acceptors (Lipinski definition) is 3. The van der Waals surface area contributed by atoms with E-state index in [0.29, 0.717) is 22.2 Å². The van der Waals surface area contributed by atoms with Crippen LogP contribution in [0.3, 0.4) is 0 Å². The molecule has 3 aromatic rings. The number of benzene rings is 1. The van der Waals surface area contributed by atoms with Crippen molar-refractivity contribution in [1.29, 1.82) is 0 Å². The summed E-state index contributed by atoms with van der Waals surface area (Å²) in [5.74, 6) is 0.689. The standard InChI is InChI=1S/C16H12BrClN4O/c1-10-4-5-12(17)11(9-10)16(23)20-14-6-8-22(21-14)15-13(18)3-2-7-19-15/h2-9H,1H3,(H,20,21,23). The highest BCUT2D eigenvalue weighted by Crippen LogP contribution is 2.20. The number of aryl methyl sites for hydroxylation is 1. The number of amides is 1. The lowest BCUT2D eigenvalue weighted by Crippen LogP contribution is -2.13. The van der Waals surface area contributed by atoms with Crippen molar-refractivity contribution in [3.05, 3.63) is 69.4 Å². The highest BCUT2D eigenvalue weighted by molar-refractivity contribution is 9.10. The monoisotopic (exact) mass is 390 g/mol. The van der Waals surface area contributed by atoms with Crippen molar-refractivity contribution in [1.82, 2.24) is 14.8 Å². The maximum Gasteiger partial charge on any atom is 0.258 e. The summed E-state index contributed by atoms with van der Waals surface area (Å²) in [5, 5.41) is 7.53. The zero-order valence-electron chi connectivity index (χ0n) is 12.1. The first-order valence-corrected chi connectivity index (χ1v) is 7.96. The average Bonchev–Trinajstić information content (AvgIpc) is 2.98. The fraction of sp³-hybridized carbons (Fsp3) is 0.0625. The summed E-state index contributed by atoms with van der Waals surface area (Å²) in [4.78, 5) is 16.5. The van der Waals surface area contributed by atoms with E-state index in [2.05, 4.69) is 31.3 Å². The van der Waals surface area contributed by atoms with Crippen molar-refractivity contribution >= 4 is 39.3 Å². The van der Waals surface area contributed by atoms with Crippen LogP contribution in [-0.4, -0.2) is 20.7 Å². The summed E-state index contributed by atoms with van der Waals surface area (Å²) in [7, 11) is 0. The van der Waals surface area contributed by atoms with Gasteiger partial charge in [-0.05, 0) is 47.1 Å². The van der Waals surface area contributed by atoms with Gasteiger partial charge in [-0.25, -0.2) is 9.67 Å². The second kappa shape index (κ2) is 6.52. The smallest absolute Gasteiger partial charge is 0.258 e. The van der Waals surface area contributed by atoms with Gasteiger partial charge in [0.2, 0.25) is 0 Å². The van der Waals surface area contributed by atoms with Gasteiger partial charge in [0.15, 0.2) is 11.6 Å². The first kappa shape index (κ1) is 15.7. The summed E-state index contributed by atoms with van der Waals surface area (Å²) in [6.45, 7) is 1.93. The molecule has 0 saturated carbocycles. The van der Waals surface area contributed by atoms with E-state index in [-0.39, 0.29) is 5.91 Å². The Morgan fingerprint density at radius 3 is 2.91 bits per heavy atom. The molecule has 2 aromatic heterocycles. The zero-order valence-corrected chi connectivity index (χ0v) is 14.5. The van der Waals surface area contributed by atoms with E-state index < -0.39 is 0 Å². The number of hydrogen-bond donors (Lipinski definition) is 1. The molecule has 0 bridgehead atoms. The Morgan fingerprint density at radius 2 is 2.13 bits per heavy atom. The molecule has 116 valence electrons. The molecular weight excluding hydrogens is 380 g/mol. The van der Waals surface area contributed by atoms with E-state index in [4.69, 9.17) is 11.6 Å². The van der Waals surface area contributed by atoms with Crippen LogP contribution in [0.2, 0.25) is 5.02 Å². The number of pyridine rings is 1. The Kier molecular flexibility index (Phi) is 4.45. The number of carbonyl (C=O) groups excluding carboxylic acids is 1. The minimum absolute atomic E-state index is 0.238. The van der Waals surface area contributed by atoms with E-state index in [1.54, 1.807) is 30.6 Å². The largest absolute Gasteiger partial charge is 0.305 e. The molecule has 0 aliphatic heterocycles. The number of nitrogens with zero attached hydrogens (tertiary/aromatic N) is 3. The van der Waals surface area contributed by atoms with Crippen LogP contribution in [0.4, 0.5) is 5.82 Å². The van der Waals surface area contributed by atoms with Crippen molar-refractivity contribution in [2.45, 2.75) is 6.92 Å². The van der Waals surface area contributed by atoms with Gasteiger partial charge in [0.1, 0.15) is 0 Å². The van der Waals surface area contributed by atoms with Crippen LogP contribution in [-0.2, 0) is 0 Å². The van der Waals surface area contributed by atoms with Crippen molar-refractivity contribution in [2.75, 3.05) is 5.32 Å². The highest BCUT2D eigenvalue weighted by atomic mass is 79.9. The second-order valence-corrected chi connectivity index (χ2v) is 6.15. The summed E-state index contributed by atoms with van der Waals surface area (Å²) in [5.41, 5.74) is 1.56. The van der Waals surface area contributed by atoms with Gasteiger partial charge < -0.3 is 5.32 Å². The molecule has 5 nitrogen and oxygen atoms in total. The van der Waals surface area contributed by atoms with E-state index in [1.165, 1.54) is 4.68 Å². The van der Waals surface area contributed by atoms with Gasteiger partial charge in [0.05, 0.1) is 10.6 Å². The highest BCUT2D eigenvalue weighted by Gasteiger charge is 2.13. The van der Waals surface area contributed by atoms with E-state index >= 15 is 0 Å². The summed E-state index contributed by atoms with van der Waals surface area (Å²) >= 11 is 9.47. The van der Waals surface area contributed by atoms with Crippen molar-refractivity contribution in [2.24, 2.45) is 0 Å². The molecule has 0 radical (unpaired) electrons. The van der Waals surface area contributed by atoms with Gasteiger partial charge in [0.25, 0.3) is 5.91 Å². The van der Waals surface area contributed by atoms with Crippen molar-refractivity contribution < 1.29 is 4.79 Å². The molecule has 23 heavy (non-hydrogen) atoms. The molecule has 7 heteroatoms. The molecule has 0 atom stereocenters. The zero-order chi connectivity index (χ0) is 16.4. The predicted octanol–water partition coefficient (Wildman–Crippen LogP) is 4.24. The third-order valence-electron chi connectivity index (χ3n) is 3.15. The fourth-order valence-corrected chi connectivity index (χ4v) is 2.69. The Labute approximate surface area is 146 Å². The Bertz CT molecular complexity index is 878. The SMILES string of the molecule is Cc1ccc(Br)c(C(=O)Nc2ccn(-c3ncccc3Cl)n2)c1. The number of rotatable bonds is 3. The fourth-order valence-electron chi connectivity index (χ4n) is 2.05. The Balaban J connectivity index is 1.83. The minimum Gasteiger partial charge on any atom is -0.305 e. The van der Waals surface area contributed by atoms with Crippen molar-refractivity contribution in [3.8, 4) is 5.82 Å². The molecule has 1 aromatic carbocycles. The topological polar surface area (TPSA) is 59.8 Å². The quantitative estimate of drug-likeness (QED) is 0.726. The lowest BCUT2D eigenvalue weighted by Gasteiger charge is -2.06. The maximum absolute atomic E-state index is 12.4. The molecule has 0 fully saturated rings. The number of aromatic nitrogens is 3. The molecule has 0 unspecified atom stereocenters. The molecule has 0 spiro atoms. The van der Waals surface area contributed by atoms with Crippen LogP contribution >= 0.6 is 27.5 Å². The predicted molar refractivity (Wildman–Crippen MR) is 93.2 cm³/mol. The molecule has 0 saturated heterocycles. The van der Waals surface area contributed by atoms with Crippen LogP contribution in [0.5, 0.6) is 0 Å². The van der Waals surface area contributed by atoms with Crippen LogP contribution in [0.1, 0.15) is 15.9 Å². The lowest BCUT2D eigenvalue weighted by atomic mass is 10.1. The van der Waals surface area contributed by atoms with E-state index in [0.717, 1.165) is 10.0 Å². The molecule has 1 amide bonds. The second-order valence-electron chi connectivity index (χ2n) is 4.89. The summed E-state index contributed by atoms with van der Waals surface area (Å²) < 4.78 is 2.25. The first-order chi connectivity index (χ1) is 11.0. The van der Waals surface area contributed by atoms with Crippen molar-refractivity contribution in [3.63, 3.8) is 0 Å². The van der Waals surface area contributed by atoms with Gasteiger partial charge in [-0.2, -0.15) is 0 Å². The molecule has 2 heterocycles. The van der Waals surface area contributed by atoms with E-state index in [9.17, 15) is 4.79 Å². The van der Waals surface area contributed by atoms with Gasteiger partial charge in [-0.3, -0.25) is 4.79 Å². The Hall–Kier alpha value is -2.18. The van der Waals surface area contributed by atoms with Crippen LogP contribution in [0.15, 0.2) is 53.3 Å². The molecule has 0 aliphatic carbocycles. The van der Waals surface area contributed by atoms with Gasteiger partial charge in [-0.15, -0.1) is 5.10 Å². The van der Waals surface area contributed by atoms with Crippen LogP contribution in [0.25, 0.3) is 5.82 Å². The third kappa shape index (κ3) is 3.43. The number of halogens is 2. The van der Waals surface area contributed by atoms with E-state index in [1.807, 2.05) is 25.1 Å². The van der Waals surface area contributed by atoms with Crippen LogP contribution < -0.4 is 5.32 Å². The maximum atomic E-state index is 12.4. The molecular formula is C16H12BrClN4O. The number of carbonyl (C=O) groups is 1. The third-order valence-corrected chi connectivity index (χ3v) is 4.14. The van der Waals surface area contributed by atoms with Gasteiger partial charge >= 0.3 is 0 Å². The van der Waals surface area contributed by atoms with Crippen LogP contribution in [0, 0.1) is 6.92 Å². The average molecular weight is 392 g/mol. The lowest BCUT2D eigenvalue weighted by molar-refractivity contribution is 0.102.